The van der Waals surface area contributed by atoms with Crippen LogP contribution in [0.25, 0.3) is 5.69 Å². The lowest BCUT2D eigenvalue weighted by Gasteiger charge is -2.24. The number of rotatable bonds is 6. The van der Waals surface area contributed by atoms with E-state index < -0.39 is 39.9 Å². The number of halogens is 2. The van der Waals surface area contributed by atoms with Gasteiger partial charge >= 0.3 is 0 Å². The number of hydrogen-bond donors (Lipinski definition) is 2. The van der Waals surface area contributed by atoms with Gasteiger partial charge in [0.05, 0.1) is 22.2 Å². The fraction of sp³-hybridized carbons (Fsp3) is 0.148. The van der Waals surface area contributed by atoms with Crippen LogP contribution in [0.2, 0.25) is 0 Å². The lowest BCUT2D eigenvalue weighted by molar-refractivity contribution is -0.385. The smallest absolute Gasteiger partial charge is 0.275 e. The summed E-state index contributed by atoms with van der Waals surface area (Å²) in [5.74, 6) is -4.29. The third kappa shape index (κ3) is 4.45. The van der Waals surface area contributed by atoms with Crippen molar-refractivity contribution in [2.75, 3.05) is 5.01 Å². The number of nitrogens with zero attached hydrogens (tertiary/aromatic N) is 4. The molecule has 1 aromatic heterocycles. The quantitative estimate of drug-likeness (QED) is 0.277. The number of aromatic nitrogens is 2. The van der Waals surface area contributed by atoms with Crippen molar-refractivity contribution in [1.82, 2.24) is 9.78 Å². The molecule has 198 valence electrons. The van der Waals surface area contributed by atoms with Gasteiger partial charge in [0, 0.05) is 40.6 Å². The molecule has 0 bridgehead atoms. The number of nitrogens with one attached hydrogen (secondary N) is 1. The first-order chi connectivity index (χ1) is 18.6. The highest BCUT2D eigenvalue weighted by atomic mass is 19.1. The van der Waals surface area contributed by atoms with Gasteiger partial charge in [-0.1, -0.05) is 0 Å². The summed E-state index contributed by atoms with van der Waals surface area (Å²) in [7, 11) is 0. The largest absolute Gasteiger partial charge is 0.508 e. The molecule has 0 fully saturated rings. The zero-order chi connectivity index (χ0) is 28.0. The summed E-state index contributed by atoms with van der Waals surface area (Å²) in [5, 5.41) is 30.8. The average Bonchev–Trinajstić information content (AvgIpc) is 3.36. The van der Waals surface area contributed by atoms with Crippen LogP contribution in [0.15, 0.2) is 76.6 Å². The number of nitro groups is 1. The summed E-state index contributed by atoms with van der Waals surface area (Å²) >= 11 is 0. The lowest BCUT2D eigenvalue weighted by Crippen LogP contribution is -2.34. The number of carbonyl (C=O) groups excluding carboxylic acids is 1. The zero-order valence-electron chi connectivity index (χ0n) is 20.6. The number of benzene rings is 3. The van der Waals surface area contributed by atoms with Gasteiger partial charge in [0.1, 0.15) is 17.4 Å². The molecule has 1 amide bonds. The number of hydrazone groups is 1. The zero-order valence-corrected chi connectivity index (χ0v) is 20.6. The Morgan fingerprint density at radius 2 is 1.56 bits per heavy atom. The highest BCUT2D eigenvalue weighted by Gasteiger charge is 2.45. The van der Waals surface area contributed by atoms with Crippen molar-refractivity contribution in [3.05, 3.63) is 116 Å². The molecule has 4 aromatic rings. The Bertz CT molecular complexity index is 1690. The second-order valence-corrected chi connectivity index (χ2v) is 9.09. The first-order valence-electron chi connectivity index (χ1n) is 11.8. The Balaban J connectivity index is 1.71. The van der Waals surface area contributed by atoms with E-state index in [0.29, 0.717) is 11.4 Å². The van der Waals surface area contributed by atoms with Crippen molar-refractivity contribution in [3.8, 4) is 11.4 Å². The Morgan fingerprint density at radius 3 is 2.15 bits per heavy atom. The SMILES string of the molecule is CC1=NN(c2ccc(F)cc2)C(=O)[C@H]1[C@@H](c1cc([N+](=O)[O-])ccc1O)c1c(C)[nH]n(-c2ccc(F)cc2)c1=O. The van der Waals surface area contributed by atoms with E-state index in [2.05, 4.69) is 10.2 Å². The molecule has 0 aliphatic carbocycles. The fourth-order valence-electron chi connectivity index (χ4n) is 4.83. The summed E-state index contributed by atoms with van der Waals surface area (Å²) in [4.78, 5) is 38.5. The number of phenols is 1. The third-order valence-electron chi connectivity index (χ3n) is 6.66. The van der Waals surface area contributed by atoms with Crippen LogP contribution in [0, 0.1) is 34.6 Å². The van der Waals surface area contributed by atoms with Crippen molar-refractivity contribution in [3.63, 3.8) is 0 Å². The minimum absolute atomic E-state index is 0.0245. The van der Waals surface area contributed by atoms with E-state index in [9.17, 15) is 33.6 Å². The van der Waals surface area contributed by atoms with Crippen LogP contribution < -0.4 is 10.6 Å². The molecule has 0 unspecified atom stereocenters. The molecule has 10 nitrogen and oxygen atoms in total. The first-order valence-corrected chi connectivity index (χ1v) is 11.8. The van der Waals surface area contributed by atoms with Crippen LogP contribution >= 0.6 is 0 Å². The van der Waals surface area contributed by atoms with Crippen LogP contribution in [0.5, 0.6) is 5.75 Å². The minimum atomic E-state index is -1.20. The van der Waals surface area contributed by atoms with Crippen LogP contribution in [0.3, 0.4) is 0 Å². The lowest BCUT2D eigenvalue weighted by atomic mass is 9.78. The number of hydrogen-bond acceptors (Lipinski definition) is 6. The number of carbonyl (C=O) groups is 1. The van der Waals surface area contributed by atoms with E-state index >= 15 is 0 Å². The normalized spacial score (nSPS) is 15.9. The van der Waals surface area contributed by atoms with Crippen LogP contribution in [-0.4, -0.2) is 31.4 Å². The van der Waals surface area contributed by atoms with Crippen molar-refractivity contribution >= 4 is 23.0 Å². The van der Waals surface area contributed by atoms with Gasteiger partial charge in [-0.25, -0.2) is 18.5 Å². The number of nitro benzene ring substituents is 1. The maximum atomic E-state index is 13.8. The standard InChI is InChI=1S/C27H21F2N5O5/c1-14-23(26(36)32(30-14)18-7-3-16(28)4-8-18)25(21-13-20(34(38)39)11-12-22(21)35)24-15(2)31-33(27(24)37)19-9-5-17(29)6-10-19/h3-13,23,25,31,35H,1-2H3/t23-,25-/m1/s1. The Kier molecular flexibility index (Phi) is 6.30. The molecule has 0 saturated carbocycles. The highest BCUT2D eigenvalue weighted by Crippen LogP contribution is 2.42. The molecule has 12 heteroatoms. The van der Waals surface area contributed by atoms with Crippen molar-refractivity contribution in [1.29, 1.82) is 0 Å². The fourth-order valence-corrected chi connectivity index (χ4v) is 4.83. The molecule has 0 saturated heterocycles. The molecule has 3 aromatic carbocycles. The van der Waals surface area contributed by atoms with Crippen molar-refractivity contribution in [2.24, 2.45) is 11.0 Å². The summed E-state index contributed by atoms with van der Waals surface area (Å²) in [6, 6.07) is 13.6. The van der Waals surface area contributed by atoms with Crippen LogP contribution in [-0.2, 0) is 4.79 Å². The van der Waals surface area contributed by atoms with Gasteiger partial charge in [0.25, 0.3) is 17.2 Å². The molecule has 2 N–H and O–H groups in total. The van der Waals surface area contributed by atoms with Gasteiger partial charge in [0.2, 0.25) is 0 Å². The van der Waals surface area contributed by atoms with E-state index in [1.54, 1.807) is 13.8 Å². The molecule has 0 spiro atoms. The first kappa shape index (κ1) is 25.5. The molecule has 1 aliphatic heterocycles. The average molecular weight is 533 g/mol. The number of aromatic amines is 1. The van der Waals surface area contributed by atoms with Crippen LogP contribution in [0.4, 0.5) is 20.2 Å². The maximum absolute atomic E-state index is 13.8. The van der Waals surface area contributed by atoms with Gasteiger partial charge in [0.15, 0.2) is 0 Å². The third-order valence-corrected chi connectivity index (χ3v) is 6.66. The number of non-ortho nitro benzene ring substituents is 1. The monoisotopic (exact) mass is 533 g/mol. The number of phenolic OH excluding ortho intramolecular Hbond substituents is 1. The molecule has 0 radical (unpaired) electrons. The molecular formula is C27H21F2N5O5. The highest BCUT2D eigenvalue weighted by molar-refractivity contribution is 6.15. The molecule has 2 atom stereocenters. The van der Waals surface area contributed by atoms with Gasteiger partial charge in [-0.3, -0.25) is 24.8 Å². The van der Waals surface area contributed by atoms with E-state index in [1.807, 2.05) is 0 Å². The van der Waals surface area contributed by atoms with E-state index in [0.717, 1.165) is 27.9 Å². The Morgan fingerprint density at radius 1 is 0.974 bits per heavy atom. The molecular weight excluding hydrogens is 512 g/mol. The number of aromatic hydroxyl groups is 1. The predicted molar refractivity (Wildman–Crippen MR) is 138 cm³/mol. The van der Waals surface area contributed by atoms with Crippen LogP contribution in [0.1, 0.15) is 29.7 Å². The Hall–Kier alpha value is -5.13. The summed E-state index contributed by atoms with van der Waals surface area (Å²) in [6.45, 7) is 3.15. The summed E-state index contributed by atoms with van der Waals surface area (Å²) < 4.78 is 28.2. The summed E-state index contributed by atoms with van der Waals surface area (Å²) in [5.41, 5.74) is 0.266. The number of H-pyrrole nitrogens is 1. The maximum Gasteiger partial charge on any atom is 0.275 e. The van der Waals surface area contributed by atoms with Gasteiger partial charge in [-0.15, -0.1) is 0 Å². The second-order valence-electron chi connectivity index (χ2n) is 9.09. The Labute approximate surface area is 219 Å². The van der Waals surface area contributed by atoms with Crippen molar-refractivity contribution in [2.45, 2.75) is 19.8 Å². The molecule has 39 heavy (non-hydrogen) atoms. The number of aryl methyl sites for hydroxylation is 1. The van der Waals surface area contributed by atoms with E-state index in [-0.39, 0.29) is 34.0 Å². The van der Waals surface area contributed by atoms with Gasteiger partial charge in [-0.2, -0.15) is 5.10 Å². The number of amides is 1. The molecule has 1 aliphatic rings. The van der Waals surface area contributed by atoms with Gasteiger partial charge < -0.3 is 5.11 Å². The van der Waals surface area contributed by atoms with E-state index in [4.69, 9.17) is 0 Å². The second kappa shape index (κ2) is 9.63. The topological polar surface area (TPSA) is 134 Å². The molecule has 2 heterocycles. The predicted octanol–water partition coefficient (Wildman–Crippen LogP) is 4.54. The number of anilines is 1. The minimum Gasteiger partial charge on any atom is -0.508 e. The molecule has 5 rings (SSSR count). The van der Waals surface area contributed by atoms with Crippen molar-refractivity contribution < 1.29 is 23.6 Å². The van der Waals surface area contributed by atoms with Gasteiger partial charge in [-0.05, 0) is 68.4 Å². The van der Waals surface area contributed by atoms with E-state index in [1.165, 1.54) is 48.5 Å². The summed E-state index contributed by atoms with van der Waals surface area (Å²) in [6.07, 6.45) is 0.